The minimum atomic E-state index is -0.832. The molecule has 3 aromatic carbocycles. The zero-order valence-electron chi connectivity index (χ0n) is 15.6. The predicted octanol–water partition coefficient (Wildman–Crippen LogP) is 4.79. The molecule has 4 rings (SSSR count). The van der Waals surface area contributed by atoms with Crippen molar-refractivity contribution in [1.82, 2.24) is 0 Å². The zero-order valence-corrected chi connectivity index (χ0v) is 15.6. The van der Waals surface area contributed by atoms with E-state index in [-0.39, 0.29) is 17.6 Å². The van der Waals surface area contributed by atoms with E-state index < -0.39 is 5.41 Å². The molecule has 0 unspecified atom stereocenters. The van der Waals surface area contributed by atoms with Crippen molar-refractivity contribution < 1.29 is 9.59 Å². The van der Waals surface area contributed by atoms with Gasteiger partial charge in [0.25, 0.3) is 0 Å². The Balaban J connectivity index is 1.80. The number of allylic oxidation sites excluding steroid dienone is 1. The van der Waals surface area contributed by atoms with E-state index in [0.717, 1.165) is 16.8 Å². The van der Waals surface area contributed by atoms with Gasteiger partial charge in [0.1, 0.15) is 5.41 Å². The highest BCUT2D eigenvalue weighted by Gasteiger charge is 2.49. The predicted molar refractivity (Wildman–Crippen MR) is 112 cm³/mol. The molecule has 0 saturated heterocycles. The lowest BCUT2D eigenvalue weighted by Crippen LogP contribution is -2.46. The van der Waals surface area contributed by atoms with Gasteiger partial charge in [0.05, 0.1) is 6.04 Å². The molecule has 0 bridgehead atoms. The first-order valence-electron chi connectivity index (χ1n) is 9.33. The molecule has 3 heteroatoms. The summed E-state index contributed by atoms with van der Waals surface area (Å²) in [5.74, 6) is 0.0909. The third-order valence-corrected chi connectivity index (χ3v) is 5.37. The molecular formula is C25H21NO2. The van der Waals surface area contributed by atoms with Crippen LogP contribution in [0.25, 0.3) is 0 Å². The molecule has 0 radical (unpaired) electrons. The molecule has 3 aromatic rings. The van der Waals surface area contributed by atoms with Gasteiger partial charge in [0.2, 0.25) is 0 Å². The topological polar surface area (TPSA) is 46.2 Å². The van der Waals surface area contributed by atoms with Crippen molar-refractivity contribution in [2.24, 2.45) is 0 Å². The third kappa shape index (κ3) is 2.95. The van der Waals surface area contributed by atoms with Crippen molar-refractivity contribution in [1.29, 1.82) is 0 Å². The van der Waals surface area contributed by atoms with Gasteiger partial charge in [-0.2, -0.15) is 0 Å². The largest absolute Gasteiger partial charge is 0.377 e. The number of Topliss-reactive ketones (excluding diaryl/α,β-unsaturated/α-hetero) is 1. The van der Waals surface area contributed by atoms with E-state index in [1.165, 1.54) is 0 Å². The van der Waals surface area contributed by atoms with Crippen molar-refractivity contribution in [3.05, 3.63) is 114 Å². The number of carbonyl (C=O) groups is 2. The molecular weight excluding hydrogens is 346 g/mol. The smallest absolute Gasteiger partial charge is 0.172 e. The minimum absolute atomic E-state index is 0.0328. The maximum atomic E-state index is 13.3. The van der Waals surface area contributed by atoms with E-state index in [0.29, 0.717) is 5.56 Å². The molecule has 0 fully saturated rings. The monoisotopic (exact) mass is 367 g/mol. The lowest BCUT2D eigenvalue weighted by Gasteiger charge is -2.36. The average molecular weight is 367 g/mol. The van der Waals surface area contributed by atoms with Crippen LogP contribution in [0.1, 0.15) is 28.4 Å². The van der Waals surface area contributed by atoms with Crippen molar-refractivity contribution in [3.63, 3.8) is 0 Å². The second kappa shape index (κ2) is 7.28. The standard InChI is InChI=1S/C25H21NO2/c1-18(27)19-12-14-22(15-13-19)26-23-16-17-24(28)25(23,20-8-4-2-5-9-20)21-10-6-3-7-11-21/h2-17,23,26H,1H3/t23-/m1/s1. The van der Waals surface area contributed by atoms with Gasteiger partial charge in [-0.05, 0) is 48.4 Å². The van der Waals surface area contributed by atoms with Gasteiger partial charge < -0.3 is 5.32 Å². The fraction of sp³-hybridized carbons (Fsp3) is 0.120. The van der Waals surface area contributed by atoms with E-state index in [2.05, 4.69) is 5.32 Å². The van der Waals surface area contributed by atoms with Crippen molar-refractivity contribution in [3.8, 4) is 0 Å². The maximum absolute atomic E-state index is 13.3. The van der Waals surface area contributed by atoms with Gasteiger partial charge in [-0.25, -0.2) is 0 Å². The molecule has 1 aliphatic carbocycles. The van der Waals surface area contributed by atoms with E-state index in [9.17, 15) is 9.59 Å². The molecule has 1 N–H and O–H groups in total. The summed E-state index contributed by atoms with van der Waals surface area (Å²) in [6.45, 7) is 1.55. The minimum Gasteiger partial charge on any atom is -0.377 e. The van der Waals surface area contributed by atoms with Crippen LogP contribution < -0.4 is 5.32 Å². The molecule has 1 aliphatic rings. The van der Waals surface area contributed by atoms with E-state index in [1.54, 1.807) is 25.1 Å². The first-order valence-corrected chi connectivity index (χ1v) is 9.33. The first kappa shape index (κ1) is 17.9. The number of ketones is 2. The summed E-state index contributed by atoms with van der Waals surface area (Å²) in [5.41, 5.74) is 2.61. The molecule has 3 nitrogen and oxygen atoms in total. The number of hydrogen-bond donors (Lipinski definition) is 1. The SMILES string of the molecule is CC(=O)c1ccc(N[C@@H]2C=CC(=O)C2(c2ccccc2)c2ccccc2)cc1. The van der Waals surface area contributed by atoms with Gasteiger partial charge in [-0.15, -0.1) is 0 Å². The van der Waals surface area contributed by atoms with Gasteiger partial charge in [-0.1, -0.05) is 66.7 Å². The molecule has 0 aliphatic heterocycles. The number of carbonyl (C=O) groups excluding carboxylic acids is 2. The highest BCUT2D eigenvalue weighted by Crippen LogP contribution is 2.42. The van der Waals surface area contributed by atoms with Crippen molar-refractivity contribution in [2.45, 2.75) is 18.4 Å². The third-order valence-electron chi connectivity index (χ3n) is 5.37. The Morgan fingerprint density at radius 3 is 1.86 bits per heavy atom. The summed E-state index contributed by atoms with van der Waals surface area (Å²) < 4.78 is 0. The summed E-state index contributed by atoms with van der Waals surface area (Å²) in [6.07, 6.45) is 3.60. The van der Waals surface area contributed by atoms with Crippen LogP contribution in [0.4, 0.5) is 5.69 Å². The van der Waals surface area contributed by atoms with Crippen LogP contribution in [0.15, 0.2) is 97.1 Å². The summed E-state index contributed by atoms with van der Waals surface area (Å²) >= 11 is 0. The van der Waals surface area contributed by atoms with E-state index in [1.807, 2.05) is 78.9 Å². The maximum Gasteiger partial charge on any atom is 0.172 e. The lowest BCUT2D eigenvalue weighted by atomic mass is 9.69. The fourth-order valence-corrected chi connectivity index (χ4v) is 3.96. The van der Waals surface area contributed by atoms with Crippen LogP contribution in [0.5, 0.6) is 0 Å². The Hall–Kier alpha value is -3.46. The summed E-state index contributed by atoms with van der Waals surface area (Å²) in [4.78, 5) is 24.8. The van der Waals surface area contributed by atoms with E-state index in [4.69, 9.17) is 0 Å². The molecule has 0 amide bonds. The van der Waals surface area contributed by atoms with Crippen LogP contribution in [-0.2, 0) is 10.2 Å². The second-order valence-electron chi connectivity index (χ2n) is 7.02. The van der Waals surface area contributed by atoms with Crippen molar-refractivity contribution in [2.75, 3.05) is 5.32 Å². The van der Waals surface area contributed by atoms with Crippen LogP contribution >= 0.6 is 0 Å². The molecule has 0 heterocycles. The molecule has 1 atom stereocenters. The second-order valence-corrected chi connectivity index (χ2v) is 7.02. The summed E-state index contributed by atoms with van der Waals surface area (Å²) in [5, 5.41) is 3.51. The highest BCUT2D eigenvalue weighted by molar-refractivity contribution is 6.06. The van der Waals surface area contributed by atoms with Gasteiger partial charge >= 0.3 is 0 Å². The van der Waals surface area contributed by atoms with Crippen LogP contribution in [0, 0.1) is 0 Å². The quantitative estimate of drug-likeness (QED) is 0.659. The average Bonchev–Trinajstić information content (AvgIpc) is 3.06. The Morgan fingerprint density at radius 1 is 0.821 bits per heavy atom. The first-order chi connectivity index (χ1) is 13.6. The fourth-order valence-electron chi connectivity index (χ4n) is 3.96. The number of rotatable bonds is 5. The number of nitrogens with one attached hydrogen (secondary N) is 1. The lowest BCUT2D eigenvalue weighted by molar-refractivity contribution is -0.117. The van der Waals surface area contributed by atoms with Crippen LogP contribution in [0.2, 0.25) is 0 Å². The molecule has 138 valence electrons. The van der Waals surface area contributed by atoms with Gasteiger partial charge in [0, 0.05) is 11.3 Å². The Morgan fingerprint density at radius 2 is 1.36 bits per heavy atom. The van der Waals surface area contributed by atoms with Crippen LogP contribution in [-0.4, -0.2) is 17.6 Å². The zero-order chi connectivity index (χ0) is 19.6. The molecule has 0 spiro atoms. The number of benzene rings is 3. The Bertz CT molecular complexity index is 982. The van der Waals surface area contributed by atoms with Crippen LogP contribution in [0.3, 0.4) is 0 Å². The highest BCUT2D eigenvalue weighted by atomic mass is 16.1. The summed E-state index contributed by atoms with van der Waals surface area (Å²) in [7, 11) is 0. The Labute approximate surface area is 164 Å². The van der Waals surface area contributed by atoms with Gasteiger partial charge in [-0.3, -0.25) is 9.59 Å². The number of anilines is 1. The van der Waals surface area contributed by atoms with Gasteiger partial charge in [0.15, 0.2) is 11.6 Å². The normalized spacial score (nSPS) is 17.5. The molecule has 0 saturated carbocycles. The number of hydrogen-bond acceptors (Lipinski definition) is 3. The summed E-state index contributed by atoms with van der Waals surface area (Å²) in [6, 6.07) is 26.9. The van der Waals surface area contributed by atoms with E-state index >= 15 is 0 Å². The molecule has 0 aromatic heterocycles. The Kier molecular flexibility index (Phi) is 4.66. The van der Waals surface area contributed by atoms with Crippen molar-refractivity contribution >= 4 is 17.3 Å². The molecule has 28 heavy (non-hydrogen) atoms.